The van der Waals surface area contributed by atoms with Gasteiger partial charge in [-0.3, -0.25) is 9.59 Å². The average Bonchev–Trinajstić information content (AvgIpc) is 2.94. The molecule has 3 N–H and O–H groups in total. The molecule has 2 unspecified atom stereocenters. The van der Waals surface area contributed by atoms with Crippen LogP contribution >= 0.6 is 23.2 Å². The Kier molecular flexibility index (Phi) is 6.27. The number of amides is 2. The second-order valence-electron chi connectivity index (χ2n) is 9.46. The van der Waals surface area contributed by atoms with Gasteiger partial charge in [0.15, 0.2) is 5.60 Å². The Balaban J connectivity index is 1.66. The molecule has 0 radical (unpaired) electrons. The molecular weight excluding hydrogens is 461 g/mol. The van der Waals surface area contributed by atoms with E-state index in [-0.39, 0.29) is 11.9 Å². The summed E-state index contributed by atoms with van der Waals surface area (Å²) in [5, 5.41) is 4.13. The molecular formula is C25H29Cl2N3O3. The molecule has 2 amide bonds. The molecule has 2 atom stereocenters. The van der Waals surface area contributed by atoms with Crippen molar-refractivity contribution in [1.29, 1.82) is 0 Å². The summed E-state index contributed by atoms with van der Waals surface area (Å²) in [6.07, 6.45) is 4.48. The highest BCUT2D eigenvalue weighted by atomic mass is 35.5. The summed E-state index contributed by atoms with van der Waals surface area (Å²) < 4.78 is 6.03. The molecule has 2 bridgehead atoms. The summed E-state index contributed by atoms with van der Waals surface area (Å²) in [4.78, 5) is 28.0. The maximum atomic E-state index is 13.6. The Morgan fingerprint density at radius 2 is 1.94 bits per heavy atom. The Morgan fingerprint density at radius 1 is 1.18 bits per heavy atom. The fourth-order valence-corrected chi connectivity index (χ4v) is 5.60. The molecule has 0 aromatic heterocycles. The number of hydrogen-bond donors (Lipinski definition) is 2. The largest absolute Gasteiger partial charge is 0.476 e. The summed E-state index contributed by atoms with van der Waals surface area (Å²) in [5.74, 6) is -0.338. The Hall–Kier alpha value is -2.44. The normalized spacial score (nSPS) is 22.2. The van der Waals surface area contributed by atoms with Crippen LogP contribution in [0.4, 0.5) is 5.69 Å². The number of anilines is 1. The van der Waals surface area contributed by atoms with Crippen molar-refractivity contribution in [3.8, 4) is 5.75 Å². The molecule has 2 aliphatic rings. The first-order valence-electron chi connectivity index (χ1n) is 11.2. The lowest BCUT2D eigenvalue weighted by atomic mass is 9.92. The van der Waals surface area contributed by atoms with Crippen molar-refractivity contribution >= 4 is 40.7 Å². The van der Waals surface area contributed by atoms with Crippen LogP contribution in [0.5, 0.6) is 5.75 Å². The van der Waals surface area contributed by atoms with E-state index in [1.165, 1.54) is 0 Å². The van der Waals surface area contributed by atoms with Gasteiger partial charge in [-0.15, -0.1) is 0 Å². The van der Waals surface area contributed by atoms with Gasteiger partial charge < -0.3 is 20.7 Å². The monoisotopic (exact) mass is 489 g/mol. The second-order valence-corrected chi connectivity index (χ2v) is 10.3. The number of nitrogens with one attached hydrogen (secondary N) is 1. The number of primary amides is 1. The molecule has 4 rings (SSSR count). The van der Waals surface area contributed by atoms with E-state index in [1.54, 1.807) is 38.1 Å². The molecule has 0 spiro atoms. The lowest BCUT2D eigenvalue weighted by molar-refractivity contribution is -0.136. The summed E-state index contributed by atoms with van der Waals surface area (Å²) in [7, 11) is 0. The van der Waals surface area contributed by atoms with Crippen LogP contribution in [-0.2, 0) is 4.79 Å². The molecule has 2 saturated heterocycles. The number of piperidine rings is 1. The van der Waals surface area contributed by atoms with Crippen LogP contribution in [0.15, 0.2) is 36.4 Å². The first-order valence-corrected chi connectivity index (χ1v) is 12.0. The standard InChI is InChI=1S/C25H29Cl2N3O3/c1-15-6-4-8-18(22(28)31)21(15)30-17-7-5-12-25(30,13-11-17)29-23(32)24(2,3)33-20-10-9-16(26)14-19(20)27/h4,6,8-10,14,17H,5,7,11-13H2,1-3H3,(H2,28,31)(H,29,32). The fraction of sp³-hybridized carbons (Fsp3) is 0.440. The van der Waals surface area contributed by atoms with E-state index < -0.39 is 17.2 Å². The number of carbonyl (C=O) groups excluding carboxylic acids is 2. The Labute approximate surface area is 204 Å². The first kappa shape index (κ1) is 23.7. The van der Waals surface area contributed by atoms with Gasteiger partial charge in [-0.25, -0.2) is 0 Å². The molecule has 2 aromatic rings. The quantitative estimate of drug-likeness (QED) is 0.581. The van der Waals surface area contributed by atoms with Crippen LogP contribution in [0.25, 0.3) is 0 Å². The van der Waals surface area contributed by atoms with Gasteiger partial charge in [0.1, 0.15) is 11.4 Å². The number of para-hydroxylation sites is 1. The van der Waals surface area contributed by atoms with Crippen LogP contribution in [0.2, 0.25) is 10.0 Å². The Morgan fingerprint density at radius 3 is 2.64 bits per heavy atom. The summed E-state index contributed by atoms with van der Waals surface area (Å²) in [5.41, 5.74) is 6.18. The highest BCUT2D eigenvalue weighted by Gasteiger charge is 2.52. The minimum Gasteiger partial charge on any atom is -0.476 e. The SMILES string of the molecule is Cc1cccc(C(N)=O)c1N1C2CCCC1(NC(=O)C(C)(C)Oc1ccc(Cl)cc1Cl)CC2. The van der Waals surface area contributed by atoms with Crippen LogP contribution in [0.1, 0.15) is 61.9 Å². The maximum absolute atomic E-state index is 13.6. The number of rotatable bonds is 6. The number of benzene rings is 2. The highest BCUT2D eigenvalue weighted by molar-refractivity contribution is 6.35. The lowest BCUT2D eigenvalue weighted by Gasteiger charge is -2.48. The molecule has 6 nitrogen and oxygen atoms in total. The van der Waals surface area contributed by atoms with Crippen molar-refractivity contribution in [2.24, 2.45) is 5.73 Å². The van der Waals surface area contributed by atoms with Crippen molar-refractivity contribution in [2.75, 3.05) is 4.90 Å². The topological polar surface area (TPSA) is 84.7 Å². The number of fused-ring (bicyclic) bond motifs is 2. The number of ether oxygens (including phenoxy) is 1. The van der Waals surface area contributed by atoms with Crippen LogP contribution in [0, 0.1) is 6.92 Å². The van der Waals surface area contributed by atoms with Crippen molar-refractivity contribution in [3.63, 3.8) is 0 Å². The third kappa shape index (κ3) is 4.38. The van der Waals surface area contributed by atoms with Crippen LogP contribution in [-0.4, -0.2) is 29.1 Å². The number of carbonyl (C=O) groups is 2. The molecule has 0 aliphatic carbocycles. The van der Waals surface area contributed by atoms with Gasteiger partial charge in [0.2, 0.25) is 0 Å². The molecule has 2 heterocycles. The van der Waals surface area contributed by atoms with Gasteiger partial charge >= 0.3 is 0 Å². The van der Waals surface area contributed by atoms with Gasteiger partial charge in [0, 0.05) is 11.1 Å². The third-order valence-corrected chi connectivity index (χ3v) is 7.27. The molecule has 2 aliphatic heterocycles. The predicted octanol–water partition coefficient (Wildman–Crippen LogP) is 5.22. The van der Waals surface area contributed by atoms with Crippen molar-refractivity contribution in [3.05, 3.63) is 57.6 Å². The molecule has 2 aromatic carbocycles. The number of halogens is 2. The number of hydrogen-bond acceptors (Lipinski definition) is 4. The summed E-state index contributed by atoms with van der Waals surface area (Å²) in [6, 6.07) is 10.7. The van der Waals surface area contributed by atoms with Gasteiger partial charge in [-0.1, -0.05) is 35.3 Å². The van der Waals surface area contributed by atoms with Gasteiger partial charge in [0.25, 0.3) is 11.8 Å². The lowest BCUT2D eigenvalue weighted by Crippen LogP contribution is -2.65. The van der Waals surface area contributed by atoms with Crippen molar-refractivity contribution in [2.45, 2.75) is 70.2 Å². The number of aryl methyl sites for hydroxylation is 1. The van der Waals surface area contributed by atoms with E-state index in [2.05, 4.69) is 10.2 Å². The van der Waals surface area contributed by atoms with Gasteiger partial charge in [-0.2, -0.15) is 0 Å². The number of nitrogens with two attached hydrogens (primary N) is 1. The first-order chi connectivity index (χ1) is 15.5. The van der Waals surface area contributed by atoms with E-state index in [0.717, 1.165) is 43.4 Å². The van der Waals surface area contributed by atoms with Crippen LogP contribution in [0.3, 0.4) is 0 Å². The Bertz CT molecular complexity index is 1100. The zero-order valence-corrected chi connectivity index (χ0v) is 20.6. The molecule has 2 fully saturated rings. The molecule has 33 heavy (non-hydrogen) atoms. The zero-order chi connectivity index (χ0) is 24.0. The fourth-order valence-electron chi connectivity index (χ4n) is 5.15. The van der Waals surface area contributed by atoms with Crippen LogP contribution < -0.4 is 20.7 Å². The van der Waals surface area contributed by atoms with Gasteiger partial charge in [0.05, 0.1) is 16.3 Å². The number of nitrogens with zero attached hydrogens (tertiary/aromatic N) is 1. The minimum absolute atomic E-state index is 0.230. The minimum atomic E-state index is -1.19. The van der Waals surface area contributed by atoms with E-state index in [1.807, 2.05) is 19.1 Å². The smallest absolute Gasteiger partial charge is 0.265 e. The summed E-state index contributed by atoms with van der Waals surface area (Å²) >= 11 is 12.3. The van der Waals surface area contributed by atoms with Gasteiger partial charge in [-0.05, 0) is 82.7 Å². The van der Waals surface area contributed by atoms with Crippen molar-refractivity contribution < 1.29 is 14.3 Å². The molecule has 0 saturated carbocycles. The third-order valence-electron chi connectivity index (χ3n) is 6.74. The van der Waals surface area contributed by atoms with E-state index in [4.69, 9.17) is 33.7 Å². The predicted molar refractivity (Wildman–Crippen MR) is 131 cm³/mol. The maximum Gasteiger partial charge on any atom is 0.265 e. The van der Waals surface area contributed by atoms with E-state index in [0.29, 0.717) is 21.4 Å². The average molecular weight is 490 g/mol. The van der Waals surface area contributed by atoms with E-state index >= 15 is 0 Å². The van der Waals surface area contributed by atoms with Crippen molar-refractivity contribution in [1.82, 2.24) is 5.32 Å². The zero-order valence-electron chi connectivity index (χ0n) is 19.1. The summed E-state index contributed by atoms with van der Waals surface area (Å²) in [6.45, 7) is 5.40. The van der Waals surface area contributed by atoms with E-state index in [9.17, 15) is 9.59 Å². The second kappa shape index (κ2) is 8.73. The highest BCUT2D eigenvalue weighted by Crippen LogP contribution is 2.47. The molecule has 8 heteroatoms. The molecule has 176 valence electrons.